The molecule has 2 aromatic rings. The van der Waals surface area contributed by atoms with Crippen LogP contribution in [0, 0.1) is 6.92 Å². The maximum Gasteiger partial charge on any atom is 0.0358 e. The number of nitrogens with one attached hydrogen (secondary N) is 1. The highest BCUT2D eigenvalue weighted by molar-refractivity contribution is 9.10. The molecule has 1 N–H and O–H groups in total. The summed E-state index contributed by atoms with van der Waals surface area (Å²) < 4.78 is 2.27. The van der Waals surface area contributed by atoms with E-state index >= 15 is 0 Å². The van der Waals surface area contributed by atoms with Gasteiger partial charge < -0.3 is 5.32 Å². The molecular formula is C16H17Br2N. The van der Waals surface area contributed by atoms with E-state index in [0.29, 0.717) is 6.04 Å². The van der Waals surface area contributed by atoms with Crippen molar-refractivity contribution in [2.45, 2.75) is 19.4 Å². The fourth-order valence-corrected chi connectivity index (χ4v) is 3.32. The molecule has 0 heterocycles. The molecule has 0 aliphatic heterocycles. The van der Waals surface area contributed by atoms with E-state index in [1.165, 1.54) is 16.7 Å². The number of halogens is 2. The van der Waals surface area contributed by atoms with Gasteiger partial charge in [-0.25, -0.2) is 0 Å². The van der Waals surface area contributed by atoms with Gasteiger partial charge in [-0.2, -0.15) is 0 Å². The average Bonchev–Trinajstić information content (AvgIpc) is 2.34. The summed E-state index contributed by atoms with van der Waals surface area (Å²) in [7, 11) is 2.01. The normalized spacial score (nSPS) is 12.4. The zero-order chi connectivity index (χ0) is 13.8. The van der Waals surface area contributed by atoms with Crippen LogP contribution in [0.25, 0.3) is 0 Å². The first kappa shape index (κ1) is 14.8. The minimum absolute atomic E-state index is 0.325. The molecule has 0 spiro atoms. The number of rotatable bonds is 4. The quantitative estimate of drug-likeness (QED) is 0.782. The van der Waals surface area contributed by atoms with Crippen LogP contribution in [0.1, 0.15) is 22.7 Å². The molecule has 0 bridgehead atoms. The van der Waals surface area contributed by atoms with Gasteiger partial charge in [-0.3, -0.25) is 0 Å². The second-order valence-electron chi connectivity index (χ2n) is 4.74. The van der Waals surface area contributed by atoms with Gasteiger partial charge in [0.05, 0.1) is 0 Å². The number of benzene rings is 2. The standard InChI is InChI=1S/C16H17Br2N/c1-11-6-13(10-15(18)7-11)16(19-2)9-12-4-3-5-14(17)8-12/h3-8,10,16,19H,9H2,1-2H3. The van der Waals surface area contributed by atoms with Crippen LogP contribution in [0.5, 0.6) is 0 Å². The molecule has 3 heteroatoms. The van der Waals surface area contributed by atoms with Gasteiger partial charge in [0.15, 0.2) is 0 Å². The SMILES string of the molecule is CNC(Cc1cccc(Br)c1)c1cc(C)cc(Br)c1. The Morgan fingerprint density at radius 3 is 2.47 bits per heavy atom. The molecular weight excluding hydrogens is 366 g/mol. The van der Waals surface area contributed by atoms with Crippen LogP contribution in [0.15, 0.2) is 51.4 Å². The fraction of sp³-hybridized carbons (Fsp3) is 0.250. The highest BCUT2D eigenvalue weighted by Gasteiger charge is 2.11. The first-order valence-electron chi connectivity index (χ1n) is 6.27. The smallest absolute Gasteiger partial charge is 0.0358 e. The molecule has 0 radical (unpaired) electrons. The molecule has 100 valence electrons. The third-order valence-corrected chi connectivity index (χ3v) is 4.10. The number of hydrogen-bond donors (Lipinski definition) is 1. The van der Waals surface area contributed by atoms with Gasteiger partial charge in [-0.05, 0) is 61.3 Å². The van der Waals surface area contributed by atoms with Gasteiger partial charge in [0.1, 0.15) is 0 Å². The lowest BCUT2D eigenvalue weighted by molar-refractivity contribution is 0.591. The van der Waals surface area contributed by atoms with E-state index in [1.807, 2.05) is 7.05 Å². The Balaban J connectivity index is 2.24. The summed E-state index contributed by atoms with van der Waals surface area (Å²) in [6.07, 6.45) is 0.978. The lowest BCUT2D eigenvalue weighted by Crippen LogP contribution is -2.19. The highest BCUT2D eigenvalue weighted by atomic mass is 79.9. The Morgan fingerprint density at radius 2 is 1.84 bits per heavy atom. The molecule has 0 saturated heterocycles. The van der Waals surface area contributed by atoms with Gasteiger partial charge in [0.25, 0.3) is 0 Å². The molecule has 1 atom stereocenters. The fourth-order valence-electron chi connectivity index (χ4n) is 2.25. The largest absolute Gasteiger partial charge is 0.313 e. The molecule has 1 nitrogen and oxygen atoms in total. The zero-order valence-corrected chi connectivity index (χ0v) is 14.3. The molecule has 2 rings (SSSR count). The van der Waals surface area contributed by atoms with E-state index in [9.17, 15) is 0 Å². The van der Waals surface area contributed by atoms with Gasteiger partial charge in [-0.15, -0.1) is 0 Å². The molecule has 0 saturated carbocycles. The first-order valence-corrected chi connectivity index (χ1v) is 7.86. The van der Waals surface area contributed by atoms with E-state index in [0.717, 1.165) is 15.4 Å². The minimum Gasteiger partial charge on any atom is -0.313 e. The van der Waals surface area contributed by atoms with E-state index in [-0.39, 0.29) is 0 Å². The predicted molar refractivity (Wildman–Crippen MR) is 88.5 cm³/mol. The second-order valence-corrected chi connectivity index (χ2v) is 6.57. The van der Waals surface area contributed by atoms with Gasteiger partial charge in [0.2, 0.25) is 0 Å². The average molecular weight is 383 g/mol. The van der Waals surface area contributed by atoms with Crippen LogP contribution in [-0.4, -0.2) is 7.05 Å². The van der Waals surface area contributed by atoms with Crippen molar-refractivity contribution in [2.24, 2.45) is 0 Å². The molecule has 2 aromatic carbocycles. The van der Waals surface area contributed by atoms with Crippen molar-refractivity contribution in [2.75, 3.05) is 7.05 Å². The molecule has 0 amide bonds. The summed E-state index contributed by atoms with van der Waals surface area (Å²) in [5, 5.41) is 3.40. The number of hydrogen-bond acceptors (Lipinski definition) is 1. The summed E-state index contributed by atoms with van der Waals surface area (Å²) in [6.45, 7) is 2.13. The van der Waals surface area contributed by atoms with Crippen molar-refractivity contribution >= 4 is 31.9 Å². The van der Waals surface area contributed by atoms with Gasteiger partial charge in [0, 0.05) is 15.0 Å². The topological polar surface area (TPSA) is 12.0 Å². The molecule has 0 aliphatic carbocycles. The third kappa shape index (κ3) is 4.16. The summed E-state index contributed by atoms with van der Waals surface area (Å²) in [4.78, 5) is 0. The molecule has 19 heavy (non-hydrogen) atoms. The highest BCUT2D eigenvalue weighted by Crippen LogP contribution is 2.24. The van der Waals surface area contributed by atoms with E-state index in [2.05, 4.69) is 86.6 Å². The van der Waals surface area contributed by atoms with Crippen molar-refractivity contribution in [3.8, 4) is 0 Å². The summed E-state index contributed by atoms with van der Waals surface area (Å²) in [5.74, 6) is 0. The van der Waals surface area contributed by atoms with E-state index in [1.54, 1.807) is 0 Å². The van der Waals surface area contributed by atoms with Crippen LogP contribution in [0.3, 0.4) is 0 Å². The van der Waals surface area contributed by atoms with Gasteiger partial charge >= 0.3 is 0 Å². The van der Waals surface area contributed by atoms with Crippen LogP contribution in [0.4, 0.5) is 0 Å². The summed E-state index contributed by atoms with van der Waals surface area (Å²) >= 11 is 7.10. The van der Waals surface area contributed by atoms with Crippen molar-refractivity contribution in [3.63, 3.8) is 0 Å². The Hall–Kier alpha value is -0.640. The zero-order valence-electron chi connectivity index (χ0n) is 11.1. The predicted octanol–water partition coefficient (Wildman–Crippen LogP) is 5.02. The molecule has 0 fully saturated rings. The summed E-state index contributed by atoms with van der Waals surface area (Å²) in [6, 6.07) is 15.4. The van der Waals surface area contributed by atoms with Crippen LogP contribution < -0.4 is 5.32 Å². The Kier molecular flexibility index (Phi) is 5.20. The van der Waals surface area contributed by atoms with Crippen molar-refractivity contribution < 1.29 is 0 Å². The molecule has 0 aliphatic rings. The van der Waals surface area contributed by atoms with Crippen molar-refractivity contribution in [1.82, 2.24) is 5.32 Å². The van der Waals surface area contributed by atoms with Crippen LogP contribution >= 0.6 is 31.9 Å². The summed E-state index contributed by atoms with van der Waals surface area (Å²) in [5.41, 5.74) is 3.92. The van der Waals surface area contributed by atoms with Crippen LogP contribution in [-0.2, 0) is 6.42 Å². The minimum atomic E-state index is 0.325. The first-order chi connectivity index (χ1) is 9.08. The van der Waals surface area contributed by atoms with Crippen molar-refractivity contribution in [3.05, 3.63) is 68.1 Å². The Morgan fingerprint density at radius 1 is 1.05 bits per heavy atom. The maximum absolute atomic E-state index is 3.57. The molecule has 0 aromatic heterocycles. The van der Waals surface area contributed by atoms with Crippen LogP contribution in [0.2, 0.25) is 0 Å². The lowest BCUT2D eigenvalue weighted by atomic mass is 9.98. The second kappa shape index (κ2) is 6.69. The maximum atomic E-state index is 3.57. The Labute approximate surface area is 131 Å². The third-order valence-electron chi connectivity index (χ3n) is 3.14. The Bertz CT molecular complexity index is 546. The van der Waals surface area contributed by atoms with Crippen molar-refractivity contribution in [1.29, 1.82) is 0 Å². The number of aryl methyl sites for hydroxylation is 1. The van der Waals surface area contributed by atoms with Gasteiger partial charge in [-0.1, -0.05) is 50.1 Å². The lowest BCUT2D eigenvalue weighted by Gasteiger charge is -2.18. The number of likely N-dealkylation sites (N-methyl/N-ethyl adjacent to an activating group) is 1. The van der Waals surface area contributed by atoms with E-state index < -0.39 is 0 Å². The monoisotopic (exact) mass is 381 g/mol. The van der Waals surface area contributed by atoms with E-state index in [4.69, 9.17) is 0 Å². The molecule has 1 unspecified atom stereocenters.